The molecule has 0 fully saturated rings. The number of hydrogen-bond acceptors (Lipinski definition) is 5. The van der Waals surface area contributed by atoms with E-state index in [-0.39, 0.29) is 16.8 Å². The summed E-state index contributed by atoms with van der Waals surface area (Å²) >= 11 is 0. The summed E-state index contributed by atoms with van der Waals surface area (Å²) in [7, 11) is 1.46. The largest absolute Gasteiger partial charge is 0.493 e. The van der Waals surface area contributed by atoms with Crippen LogP contribution in [0.25, 0.3) is 11.0 Å². The molecule has 1 amide bonds. The molecule has 0 aliphatic heterocycles. The van der Waals surface area contributed by atoms with E-state index >= 15 is 0 Å². The average molecular weight is 372 g/mol. The Morgan fingerprint density at radius 2 is 1.93 bits per heavy atom. The van der Waals surface area contributed by atoms with Gasteiger partial charge in [-0.15, -0.1) is 0 Å². The fourth-order valence-electron chi connectivity index (χ4n) is 2.68. The summed E-state index contributed by atoms with van der Waals surface area (Å²) < 4.78 is 20.4. The molecule has 27 heavy (non-hydrogen) atoms. The zero-order valence-corrected chi connectivity index (χ0v) is 14.7. The van der Waals surface area contributed by atoms with Crippen LogP contribution in [0.4, 0.5) is 10.1 Å². The van der Waals surface area contributed by atoms with Crippen LogP contribution in [0.1, 0.15) is 6.92 Å². The molecule has 0 bridgehead atoms. The maximum absolute atomic E-state index is 13.0. The number of aryl methyl sites for hydroxylation is 1. The summed E-state index contributed by atoms with van der Waals surface area (Å²) in [6.07, 6.45) is 1.44. The molecule has 0 atom stereocenters. The number of nitrogens with zero attached hydrogens (tertiary/aromatic N) is 3. The Bertz CT molecular complexity index is 1120. The highest BCUT2D eigenvalue weighted by Gasteiger charge is 2.18. The normalized spacial score (nSPS) is 10.8. The van der Waals surface area contributed by atoms with Gasteiger partial charge >= 0.3 is 5.69 Å². The monoisotopic (exact) mass is 372 g/mol. The second-order valence-corrected chi connectivity index (χ2v) is 5.73. The van der Waals surface area contributed by atoms with Gasteiger partial charge in [0.15, 0.2) is 5.65 Å². The number of aromatic nitrogens is 3. The molecule has 2 aromatic heterocycles. The van der Waals surface area contributed by atoms with E-state index in [1.54, 1.807) is 6.92 Å². The molecule has 0 saturated carbocycles. The van der Waals surface area contributed by atoms with Crippen LogP contribution >= 0.6 is 0 Å². The van der Waals surface area contributed by atoms with E-state index in [2.05, 4.69) is 10.3 Å². The van der Waals surface area contributed by atoms with E-state index in [1.165, 1.54) is 48.1 Å². The van der Waals surface area contributed by atoms with Crippen LogP contribution in [0.5, 0.6) is 5.75 Å². The van der Waals surface area contributed by atoms with Crippen molar-refractivity contribution in [2.45, 2.75) is 13.5 Å². The lowest BCUT2D eigenvalue weighted by atomic mass is 10.3. The fraction of sp³-hybridized carbons (Fsp3) is 0.222. The Balaban J connectivity index is 2.02. The number of amides is 1. The maximum atomic E-state index is 13.0. The second kappa shape index (κ2) is 7.40. The maximum Gasteiger partial charge on any atom is 0.332 e. The van der Waals surface area contributed by atoms with Crippen LogP contribution < -0.4 is 21.3 Å². The molecule has 0 unspecified atom stereocenters. The van der Waals surface area contributed by atoms with Gasteiger partial charge in [-0.1, -0.05) is 0 Å². The first-order valence-corrected chi connectivity index (χ1v) is 8.19. The van der Waals surface area contributed by atoms with E-state index < -0.39 is 29.5 Å². The predicted octanol–water partition coefficient (Wildman–Crippen LogP) is 1.27. The smallest absolute Gasteiger partial charge is 0.332 e. The van der Waals surface area contributed by atoms with Gasteiger partial charge in [0.05, 0.1) is 6.61 Å². The van der Waals surface area contributed by atoms with Crippen LogP contribution in [0.2, 0.25) is 0 Å². The predicted molar refractivity (Wildman–Crippen MR) is 97.4 cm³/mol. The van der Waals surface area contributed by atoms with Crippen LogP contribution in [-0.4, -0.2) is 26.6 Å². The first kappa shape index (κ1) is 18.3. The van der Waals surface area contributed by atoms with Gasteiger partial charge in [-0.2, -0.15) is 0 Å². The van der Waals surface area contributed by atoms with Gasteiger partial charge in [0, 0.05) is 18.9 Å². The number of pyridine rings is 1. The van der Waals surface area contributed by atoms with Crippen molar-refractivity contribution in [3.05, 3.63) is 63.2 Å². The van der Waals surface area contributed by atoms with Crippen molar-refractivity contribution in [1.82, 2.24) is 14.1 Å². The Morgan fingerprint density at radius 1 is 1.22 bits per heavy atom. The quantitative estimate of drug-likeness (QED) is 0.728. The number of anilines is 1. The highest BCUT2D eigenvalue weighted by atomic mass is 19.1. The first-order chi connectivity index (χ1) is 12.9. The number of benzene rings is 1. The lowest BCUT2D eigenvalue weighted by molar-refractivity contribution is -0.116. The fourth-order valence-corrected chi connectivity index (χ4v) is 2.68. The summed E-state index contributed by atoms with van der Waals surface area (Å²) in [5, 5.41) is 2.64. The number of nitrogens with one attached hydrogen (secondary N) is 1. The molecule has 9 heteroatoms. The van der Waals surface area contributed by atoms with Crippen LogP contribution in [0, 0.1) is 5.82 Å². The van der Waals surface area contributed by atoms with Gasteiger partial charge in [-0.05, 0) is 37.3 Å². The van der Waals surface area contributed by atoms with E-state index in [0.29, 0.717) is 12.3 Å². The van der Waals surface area contributed by atoms with Crippen molar-refractivity contribution in [2.24, 2.45) is 7.05 Å². The number of rotatable bonds is 5. The molecule has 140 valence electrons. The molecule has 0 spiro atoms. The number of carbonyl (C=O) groups is 1. The van der Waals surface area contributed by atoms with Gasteiger partial charge in [-0.25, -0.2) is 18.7 Å². The minimum absolute atomic E-state index is 0.121. The third-order valence-electron chi connectivity index (χ3n) is 3.92. The summed E-state index contributed by atoms with van der Waals surface area (Å²) in [4.78, 5) is 41.7. The molecule has 2 heterocycles. The van der Waals surface area contributed by atoms with Gasteiger partial charge in [-0.3, -0.25) is 14.2 Å². The molecular weight excluding hydrogens is 355 g/mol. The van der Waals surface area contributed by atoms with Crippen LogP contribution in [0.3, 0.4) is 0 Å². The molecule has 0 aliphatic rings. The summed E-state index contributed by atoms with van der Waals surface area (Å²) in [6, 6.07) is 6.67. The first-order valence-electron chi connectivity index (χ1n) is 8.19. The molecule has 0 saturated heterocycles. The van der Waals surface area contributed by atoms with Gasteiger partial charge in [0.2, 0.25) is 5.91 Å². The van der Waals surface area contributed by atoms with E-state index in [9.17, 15) is 18.8 Å². The number of halogens is 1. The van der Waals surface area contributed by atoms with Crippen molar-refractivity contribution in [3.63, 3.8) is 0 Å². The van der Waals surface area contributed by atoms with Crippen LogP contribution in [-0.2, 0) is 18.4 Å². The standard InChI is InChI=1S/C18H17FN4O4/c1-3-27-13-8-9-20-16-15(13)17(25)23(18(26)22(16)2)10-14(24)21-12-6-4-11(19)5-7-12/h4-9H,3,10H2,1-2H3,(H,21,24). The molecule has 8 nitrogen and oxygen atoms in total. The van der Waals surface area contributed by atoms with Crippen molar-refractivity contribution < 1.29 is 13.9 Å². The number of fused-ring (bicyclic) bond motifs is 1. The third-order valence-corrected chi connectivity index (χ3v) is 3.92. The molecular formula is C18H17FN4O4. The molecule has 1 aromatic carbocycles. The van der Waals surface area contributed by atoms with Gasteiger partial charge < -0.3 is 10.1 Å². The minimum atomic E-state index is -0.678. The lowest BCUT2D eigenvalue weighted by Gasteiger charge is -2.12. The van der Waals surface area contributed by atoms with Crippen LogP contribution in [0.15, 0.2) is 46.1 Å². The Morgan fingerprint density at radius 3 is 2.59 bits per heavy atom. The van der Waals surface area contributed by atoms with Crippen molar-refractivity contribution in [1.29, 1.82) is 0 Å². The molecule has 3 rings (SSSR count). The van der Waals surface area contributed by atoms with Gasteiger partial charge in [0.1, 0.15) is 23.5 Å². The Labute approximate surface area is 152 Å². The topological polar surface area (TPSA) is 95.2 Å². The SMILES string of the molecule is CCOc1ccnc2c1c(=O)n(CC(=O)Nc1ccc(F)cc1)c(=O)n2C. The zero-order chi connectivity index (χ0) is 19.6. The second-order valence-electron chi connectivity index (χ2n) is 5.73. The highest BCUT2D eigenvalue weighted by Crippen LogP contribution is 2.19. The molecule has 0 radical (unpaired) electrons. The van der Waals surface area contributed by atoms with E-state index in [1.807, 2.05) is 0 Å². The highest BCUT2D eigenvalue weighted by molar-refractivity contribution is 5.90. The summed E-state index contributed by atoms with van der Waals surface area (Å²) in [6.45, 7) is 1.59. The zero-order valence-electron chi connectivity index (χ0n) is 14.7. The summed E-state index contributed by atoms with van der Waals surface area (Å²) in [5.41, 5.74) is -0.823. The Hall–Kier alpha value is -3.49. The van der Waals surface area contributed by atoms with E-state index in [0.717, 1.165) is 4.57 Å². The van der Waals surface area contributed by atoms with Gasteiger partial charge in [0.25, 0.3) is 5.56 Å². The summed E-state index contributed by atoms with van der Waals surface area (Å²) in [5.74, 6) is -0.749. The average Bonchev–Trinajstić information content (AvgIpc) is 2.65. The van der Waals surface area contributed by atoms with Crippen molar-refractivity contribution in [2.75, 3.05) is 11.9 Å². The number of ether oxygens (including phenoxy) is 1. The van der Waals surface area contributed by atoms with Crippen molar-refractivity contribution >= 4 is 22.6 Å². The Kier molecular flexibility index (Phi) is 5.02. The van der Waals surface area contributed by atoms with E-state index in [4.69, 9.17) is 4.74 Å². The minimum Gasteiger partial charge on any atom is -0.493 e. The molecule has 3 aromatic rings. The molecule has 1 N–H and O–H groups in total. The molecule has 0 aliphatic carbocycles. The third kappa shape index (κ3) is 3.57. The number of hydrogen-bond donors (Lipinski definition) is 1. The number of carbonyl (C=O) groups excluding carboxylic acids is 1. The lowest BCUT2D eigenvalue weighted by Crippen LogP contribution is -2.42. The van der Waals surface area contributed by atoms with Crippen molar-refractivity contribution in [3.8, 4) is 5.75 Å².